The van der Waals surface area contributed by atoms with Crippen LogP contribution in [0.25, 0.3) is 15.9 Å². The molecular formula is C17H20N4O2S2. The van der Waals surface area contributed by atoms with Crippen LogP contribution in [0, 0.1) is 5.92 Å². The predicted molar refractivity (Wildman–Crippen MR) is 99.3 cm³/mol. The van der Waals surface area contributed by atoms with Crippen molar-refractivity contribution >= 4 is 44.9 Å². The highest BCUT2D eigenvalue weighted by Crippen LogP contribution is 2.39. The van der Waals surface area contributed by atoms with Gasteiger partial charge in [-0.1, -0.05) is 18.7 Å². The number of hydrogen-bond acceptors (Lipinski definition) is 7. The van der Waals surface area contributed by atoms with Gasteiger partial charge in [0.25, 0.3) is 0 Å². The quantitative estimate of drug-likeness (QED) is 0.513. The van der Waals surface area contributed by atoms with Gasteiger partial charge in [-0.25, -0.2) is 4.98 Å². The Kier molecular flexibility index (Phi) is 4.41. The molecule has 6 nitrogen and oxygen atoms in total. The maximum absolute atomic E-state index is 11.8. The van der Waals surface area contributed by atoms with Crippen LogP contribution in [0.2, 0.25) is 0 Å². The zero-order valence-corrected chi connectivity index (χ0v) is 16.1. The molecule has 0 aliphatic heterocycles. The van der Waals surface area contributed by atoms with E-state index >= 15 is 0 Å². The Morgan fingerprint density at radius 2 is 2.32 bits per heavy atom. The molecule has 0 bridgehead atoms. The van der Waals surface area contributed by atoms with E-state index in [2.05, 4.69) is 22.1 Å². The first-order chi connectivity index (χ1) is 12.0. The Morgan fingerprint density at radius 3 is 3.12 bits per heavy atom. The van der Waals surface area contributed by atoms with Gasteiger partial charge in [-0.3, -0.25) is 9.20 Å². The average Bonchev–Trinajstić information content (AvgIpc) is 3.11. The molecule has 0 fully saturated rings. The van der Waals surface area contributed by atoms with E-state index in [1.54, 1.807) is 17.7 Å². The summed E-state index contributed by atoms with van der Waals surface area (Å²) in [4.78, 5) is 18.9. The first-order valence-electron chi connectivity index (χ1n) is 8.49. The van der Waals surface area contributed by atoms with E-state index in [0.29, 0.717) is 5.16 Å². The molecule has 25 heavy (non-hydrogen) atoms. The minimum Gasteiger partial charge on any atom is -0.462 e. The van der Waals surface area contributed by atoms with Crippen LogP contribution in [-0.4, -0.2) is 37.4 Å². The Labute approximate surface area is 154 Å². The van der Waals surface area contributed by atoms with E-state index < -0.39 is 0 Å². The maximum Gasteiger partial charge on any atom is 0.316 e. The first-order valence-corrected chi connectivity index (χ1v) is 10.3. The Bertz CT molecular complexity index is 947. The van der Waals surface area contributed by atoms with Gasteiger partial charge in [0.2, 0.25) is 0 Å². The highest BCUT2D eigenvalue weighted by atomic mass is 32.2. The number of thioether (sulfide) groups is 1. The summed E-state index contributed by atoms with van der Waals surface area (Å²) < 4.78 is 7.06. The SMILES string of the molecule is CC(C)OC(=O)CSc1nnc2c3c4c(sc3ncn12)C[C@@H](C)CC4. The zero-order chi connectivity index (χ0) is 17.6. The van der Waals surface area contributed by atoms with Gasteiger partial charge in [-0.15, -0.1) is 21.5 Å². The highest BCUT2D eigenvalue weighted by molar-refractivity contribution is 7.99. The summed E-state index contributed by atoms with van der Waals surface area (Å²) in [5, 5.41) is 10.5. The summed E-state index contributed by atoms with van der Waals surface area (Å²) in [5.74, 6) is 0.705. The van der Waals surface area contributed by atoms with Gasteiger partial charge >= 0.3 is 5.97 Å². The van der Waals surface area contributed by atoms with Crippen LogP contribution in [0.5, 0.6) is 0 Å². The molecule has 4 rings (SSSR count). The molecule has 0 unspecified atom stereocenters. The largest absolute Gasteiger partial charge is 0.462 e. The molecule has 132 valence electrons. The van der Waals surface area contributed by atoms with Crippen LogP contribution < -0.4 is 0 Å². The van der Waals surface area contributed by atoms with E-state index in [1.807, 2.05) is 18.2 Å². The van der Waals surface area contributed by atoms with Crippen molar-refractivity contribution in [2.45, 2.75) is 51.3 Å². The van der Waals surface area contributed by atoms with Crippen LogP contribution in [-0.2, 0) is 22.4 Å². The molecule has 3 aromatic heterocycles. The fourth-order valence-electron chi connectivity index (χ4n) is 3.24. The summed E-state index contributed by atoms with van der Waals surface area (Å²) in [6.45, 7) is 5.99. The number of nitrogens with zero attached hydrogens (tertiary/aromatic N) is 4. The van der Waals surface area contributed by atoms with E-state index in [0.717, 1.165) is 34.6 Å². The standard InChI is InChI=1S/C17H20N4O2S2/c1-9(2)23-13(22)7-24-17-20-19-15-14-11-5-4-10(3)6-12(11)25-16(14)18-8-21(15)17/h8-10H,4-7H2,1-3H3/t10-/m0/s1. The molecule has 1 aliphatic rings. The van der Waals surface area contributed by atoms with E-state index in [9.17, 15) is 4.79 Å². The second-order valence-electron chi connectivity index (χ2n) is 6.78. The van der Waals surface area contributed by atoms with Gasteiger partial charge in [-0.05, 0) is 44.6 Å². The van der Waals surface area contributed by atoms with Gasteiger partial charge in [-0.2, -0.15) is 0 Å². The number of aromatic nitrogens is 4. The Hall–Kier alpha value is -1.67. The number of rotatable bonds is 4. The van der Waals surface area contributed by atoms with Crippen molar-refractivity contribution in [1.29, 1.82) is 0 Å². The summed E-state index contributed by atoms with van der Waals surface area (Å²) in [6, 6.07) is 0. The summed E-state index contributed by atoms with van der Waals surface area (Å²) in [7, 11) is 0. The van der Waals surface area contributed by atoms with Crippen molar-refractivity contribution in [3.63, 3.8) is 0 Å². The summed E-state index contributed by atoms with van der Waals surface area (Å²) >= 11 is 3.11. The lowest BCUT2D eigenvalue weighted by molar-refractivity contribution is -0.144. The van der Waals surface area contributed by atoms with Crippen LogP contribution in [0.15, 0.2) is 11.5 Å². The molecule has 0 saturated heterocycles. The normalized spacial score (nSPS) is 17.4. The van der Waals surface area contributed by atoms with Crippen molar-refractivity contribution in [3.8, 4) is 0 Å². The minimum atomic E-state index is -0.243. The van der Waals surface area contributed by atoms with Crippen LogP contribution >= 0.6 is 23.1 Å². The van der Waals surface area contributed by atoms with Gasteiger partial charge in [0, 0.05) is 4.88 Å². The first kappa shape index (κ1) is 16.8. The molecule has 0 radical (unpaired) electrons. The van der Waals surface area contributed by atoms with Crippen LogP contribution in [0.1, 0.15) is 37.6 Å². The van der Waals surface area contributed by atoms with Gasteiger partial charge in [0.1, 0.15) is 11.2 Å². The number of esters is 1. The number of carbonyl (C=O) groups excluding carboxylic acids is 1. The molecule has 3 aromatic rings. The fraction of sp³-hybridized carbons (Fsp3) is 0.529. The second-order valence-corrected chi connectivity index (χ2v) is 8.81. The van der Waals surface area contributed by atoms with Crippen molar-refractivity contribution < 1.29 is 9.53 Å². The van der Waals surface area contributed by atoms with E-state index in [4.69, 9.17) is 4.74 Å². The van der Waals surface area contributed by atoms with Gasteiger partial charge < -0.3 is 4.74 Å². The molecule has 0 N–H and O–H groups in total. The molecule has 0 amide bonds. The summed E-state index contributed by atoms with van der Waals surface area (Å²) in [5.41, 5.74) is 2.23. The number of hydrogen-bond donors (Lipinski definition) is 0. The lowest BCUT2D eigenvalue weighted by Crippen LogP contribution is -2.13. The number of thiophene rings is 1. The third-order valence-electron chi connectivity index (χ3n) is 4.36. The topological polar surface area (TPSA) is 69.4 Å². The molecular weight excluding hydrogens is 356 g/mol. The third-order valence-corrected chi connectivity index (χ3v) is 6.44. The Balaban J connectivity index is 1.68. The highest BCUT2D eigenvalue weighted by Gasteiger charge is 2.24. The molecule has 0 aromatic carbocycles. The van der Waals surface area contributed by atoms with Crippen molar-refractivity contribution in [3.05, 3.63) is 16.8 Å². The lowest BCUT2D eigenvalue weighted by atomic mass is 9.89. The Morgan fingerprint density at radius 1 is 1.48 bits per heavy atom. The number of fused-ring (bicyclic) bond motifs is 5. The second kappa shape index (κ2) is 6.57. The molecule has 0 spiro atoms. The average molecular weight is 377 g/mol. The molecule has 1 atom stereocenters. The minimum absolute atomic E-state index is 0.107. The van der Waals surface area contributed by atoms with Crippen LogP contribution in [0.3, 0.4) is 0 Å². The van der Waals surface area contributed by atoms with Gasteiger partial charge in [0.05, 0.1) is 17.2 Å². The smallest absolute Gasteiger partial charge is 0.316 e. The molecule has 3 heterocycles. The zero-order valence-electron chi connectivity index (χ0n) is 14.5. The number of ether oxygens (including phenoxy) is 1. The predicted octanol–water partition coefficient (Wildman–Crippen LogP) is 3.51. The lowest BCUT2D eigenvalue weighted by Gasteiger charge is -2.17. The van der Waals surface area contributed by atoms with Gasteiger partial charge in [0.15, 0.2) is 10.8 Å². The number of aryl methyl sites for hydroxylation is 1. The van der Waals surface area contributed by atoms with Crippen molar-refractivity contribution in [1.82, 2.24) is 19.6 Å². The van der Waals surface area contributed by atoms with E-state index in [-0.39, 0.29) is 17.8 Å². The monoisotopic (exact) mass is 376 g/mol. The number of carbonyl (C=O) groups is 1. The van der Waals surface area contributed by atoms with Crippen molar-refractivity contribution in [2.24, 2.45) is 5.92 Å². The van der Waals surface area contributed by atoms with Crippen LogP contribution in [0.4, 0.5) is 0 Å². The third kappa shape index (κ3) is 3.13. The van der Waals surface area contributed by atoms with Crippen molar-refractivity contribution in [2.75, 3.05) is 5.75 Å². The molecule has 8 heteroatoms. The van der Waals surface area contributed by atoms with E-state index in [1.165, 1.54) is 28.6 Å². The summed E-state index contributed by atoms with van der Waals surface area (Å²) in [6.07, 6.45) is 5.06. The molecule has 1 aliphatic carbocycles. The molecule has 0 saturated carbocycles. The fourth-order valence-corrected chi connectivity index (χ4v) is 5.27. The maximum atomic E-state index is 11.8.